The number of aliphatic hydroxyl groups is 1. The molecule has 0 amide bonds. The van der Waals surface area contributed by atoms with Crippen molar-refractivity contribution in [2.75, 3.05) is 0 Å². The molecule has 0 saturated heterocycles. The van der Waals surface area contributed by atoms with Crippen LogP contribution in [0.1, 0.15) is 38.7 Å². The summed E-state index contributed by atoms with van der Waals surface area (Å²) in [6.45, 7) is 4.45. The Kier molecular flexibility index (Phi) is 3.29. The highest BCUT2D eigenvalue weighted by Crippen LogP contribution is 2.38. The van der Waals surface area contributed by atoms with Crippen LogP contribution >= 0.6 is 0 Å². The lowest BCUT2D eigenvalue weighted by Crippen LogP contribution is -2.43. The first-order valence-corrected chi connectivity index (χ1v) is 6.21. The second-order valence-electron chi connectivity index (χ2n) is 5.42. The first-order chi connectivity index (χ1) is 7.60. The van der Waals surface area contributed by atoms with E-state index >= 15 is 0 Å². The number of nitrogens with zero attached hydrogens (tertiary/aromatic N) is 1. The van der Waals surface area contributed by atoms with Gasteiger partial charge in [0.15, 0.2) is 0 Å². The summed E-state index contributed by atoms with van der Waals surface area (Å²) in [7, 11) is 0. The number of hydrogen-bond acceptors (Lipinski definition) is 2. The number of aromatic nitrogens is 1. The predicted octanol–water partition coefficient (Wildman–Crippen LogP) is 2.81. The molecule has 88 valence electrons. The molecule has 0 radical (unpaired) electrons. The smallest absolute Gasteiger partial charge is 0.0714 e. The molecule has 0 aromatic carbocycles. The third kappa shape index (κ3) is 2.43. The van der Waals surface area contributed by atoms with Gasteiger partial charge in [0.05, 0.1) is 5.60 Å². The van der Waals surface area contributed by atoms with Crippen molar-refractivity contribution < 1.29 is 5.11 Å². The molecule has 1 aromatic heterocycles. The molecular weight excluding hydrogens is 198 g/mol. The van der Waals surface area contributed by atoms with E-state index in [0.717, 1.165) is 37.2 Å². The van der Waals surface area contributed by atoms with Gasteiger partial charge in [-0.1, -0.05) is 19.9 Å². The Morgan fingerprint density at radius 1 is 1.50 bits per heavy atom. The standard InChI is InChI=1S/C14H21NO/c1-11-5-6-14(16,12(2)8-11)9-13-4-3-7-15-10-13/h3-4,7,10-12,16H,5-6,8-9H2,1-2H3. The minimum Gasteiger partial charge on any atom is -0.389 e. The zero-order chi connectivity index (χ0) is 11.6. The van der Waals surface area contributed by atoms with Gasteiger partial charge in [-0.25, -0.2) is 0 Å². The van der Waals surface area contributed by atoms with Crippen molar-refractivity contribution in [2.24, 2.45) is 11.8 Å². The maximum Gasteiger partial charge on any atom is 0.0714 e. The van der Waals surface area contributed by atoms with Gasteiger partial charge in [-0.2, -0.15) is 0 Å². The second-order valence-corrected chi connectivity index (χ2v) is 5.42. The molecule has 2 nitrogen and oxygen atoms in total. The molecule has 0 bridgehead atoms. The molecular formula is C14H21NO. The Morgan fingerprint density at radius 2 is 2.31 bits per heavy atom. The first-order valence-electron chi connectivity index (χ1n) is 6.21. The van der Waals surface area contributed by atoms with Crippen molar-refractivity contribution in [3.05, 3.63) is 30.1 Å². The summed E-state index contributed by atoms with van der Waals surface area (Å²) in [5, 5.41) is 10.7. The first kappa shape index (κ1) is 11.6. The Hall–Kier alpha value is -0.890. The fourth-order valence-electron chi connectivity index (χ4n) is 2.80. The molecule has 2 rings (SSSR count). The molecule has 1 aliphatic rings. The van der Waals surface area contributed by atoms with E-state index < -0.39 is 5.60 Å². The van der Waals surface area contributed by atoms with Gasteiger partial charge in [0.25, 0.3) is 0 Å². The van der Waals surface area contributed by atoms with Crippen LogP contribution in [-0.2, 0) is 6.42 Å². The summed E-state index contributed by atoms with van der Waals surface area (Å²) in [6, 6.07) is 3.99. The van der Waals surface area contributed by atoms with E-state index in [2.05, 4.69) is 24.9 Å². The van der Waals surface area contributed by atoms with Crippen LogP contribution in [0.5, 0.6) is 0 Å². The van der Waals surface area contributed by atoms with Crippen LogP contribution in [0.2, 0.25) is 0 Å². The van der Waals surface area contributed by atoms with Crippen LogP contribution < -0.4 is 0 Å². The summed E-state index contributed by atoms with van der Waals surface area (Å²) in [6.07, 6.45) is 7.58. The van der Waals surface area contributed by atoms with Gasteiger partial charge in [0, 0.05) is 18.8 Å². The number of hydrogen-bond donors (Lipinski definition) is 1. The van der Waals surface area contributed by atoms with Crippen molar-refractivity contribution in [3.8, 4) is 0 Å². The van der Waals surface area contributed by atoms with Gasteiger partial charge in [-0.15, -0.1) is 0 Å². The zero-order valence-corrected chi connectivity index (χ0v) is 10.2. The predicted molar refractivity (Wildman–Crippen MR) is 65.1 cm³/mol. The van der Waals surface area contributed by atoms with Gasteiger partial charge in [0.2, 0.25) is 0 Å². The van der Waals surface area contributed by atoms with Crippen LogP contribution in [0, 0.1) is 11.8 Å². The van der Waals surface area contributed by atoms with Crippen LogP contribution in [0.15, 0.2) is 24.5 Å². The molecule has 1 aromatic rings. The van der Waals surface area contributed by atoms with Gasteiger partial charge in [-0.05, 0) is 42.7 Å². The van der Waals surface area contributed by atoms with E-state index in [9.17, 15) is 5.11 Å². The quantitative estimate of drug-likeness (QED) is 0.829. The van der Waals surface area contributed by atoms with E-state index in [-0.39, 0.29) is 0 Å². The van der Waals surface area contributed by atoms with Crippen molar-refractivity contribution in [1.82, 2.24) is 4.98 Å². The fourth-order valence-corrected chi connectivity index (χ4v) is 2.80. The Morgan fingerprint density at radius 3 is 2.94 bits per heavy atom. The lowest BCUT2D eigenvalue weighted by Gasteiger charge is -2.40. The highest BCUT2D eigenvalue weighted by Gasteiger charge is 2.38. The summed E-state index contributed by atoms with van der Waals surface area (Å²) >= 11 is 0. The highest BCUT2D eigenvalue weighted by atomic mass is 16.3. The van der Waals surface area contributed by atoms with Gasteiger partial charge >= 0.3 is 0 Å². The molecule has 0 aliphatic heterocycles. The maximum absolute atomic E-state index is 10.7. The second kappa shape index (κ2) is 4.54. The molecule has 1 aliphatic carbocycles. The molecule has 1 N–H and O–H groups in total. The van der Waals surface area contributed by atoms with Crippen LogP contribution in [0.3, 0.4) is 0 Å². The summed E-state index contributed by atoms with van der Waals surface area (Å²) in [4.78, 5) is 4.11. The van der Waals surface area contributed by atoms with E-state index in [1.54, 1.807) is 6.20 Å². The SMILES string of the molecule is CC1CCC(O)(Cc2cccnc2)C(C)C1. The van der Waals surface area contributed by atoms with Crippen molar-refractivity contribution in [3.63, 3.8) is 0 Å². The molecule has 16 heavy (non-hydrogen) atoms. The summed E-state index contributed by atoms with van der Waals surface area (Å²) in [5.74, 6) is 1.14. The van der Waals surface area contributed by atoms with E-state index in [1.165, 1.54) is 0 Å². The number of pyridine rings is 1. The van der Waals surface area contributed by atoms with Gasteiger partial charge in [0.1, 0.15) is 0 Å². The largest absolute Gasteiger partial charge is 0.389 e. The van der Waals surface area contributed by atoms with E-state index in [0.29, 0.717) is 5.92 Å². The molecule has 3 atom stereocenters. The van der Waals surface area contributed by atoms with Crippen LogP contribution in [-0.4, -0.2) is 15.7 Å². The number of rotatable bonds is 2. The van der Waals surface area contributed by atoms with Crippen LogP contribution in [0.4, 0.5) is 0 Å². The topological polar surface area (TPSA) is 33.1 Å². The molecule has 2 heteroatoms. The minimum absolute atomic E-state index is 0.386. The molecule has 3 unspecified atom stereocenters. The van der Waals surface area contributed by atoms with Crippen molar-refractivity contribution in [2.45, 2.75) is 45.1 Å². The normalized spacial score (nSPS) is 34.9. The summed E-state index contributed by atoms with van der Waals surface area (Å²) in [5.41, 5.74) is 0.627. The Bertz CT molecular complexity index is 338. The highest BCUT2D eigenvalue weighted by molar-refractivity contribution is 5.13. The third-order valence-electron chi connectivity index (χ3n) is 3.98. The van der Waals surface area contributed by atoms with Crippen molar-refractivity contribution >= 4 is 0 Å². The maximum atomic E-state index is 10.7. The molecule has 0 spiro atoms. The fraction of sp³-hybridized carbons (Fsp3) is 0.643. The lowest BCUT2D eigenvalue weighted by atomic mass is 9.70. The summed E-state index contributed by atoms with van der Waals surface area (Å²) < 4.78 is 0. The average Bonchev–Trinajstić information content (AvgIpc) is 2.26. The zero-order valence-electron chi connectivity index (χ0n) is 10.2. The molecule has 1 fully saturated rings. The molecule has 1 saturated carbocycles. The van der Waals surface area contributed by atoms with Gasteiger partial charge in [-0.3, -0.25) is 4.98 Å². The van der Waals surface area contributed by atoms with E-state index in [4.69, 9.17) is 0 Å². The third-order valence-corrected chi connectivity index (χ3v) is 3.98. The van der Waals surface area contributed by atoms with Crippen LogP contribution in [0.25, 0.3) is 0 Å². The lowest BCUT2D eigenvalue weighted by molar-refractivity contribution is -0.0522. The van der Waals surface area contributed by atoms with E-state index in [1.807, 2.05) is 12.3 Å². The Labute approximate surface area is 97.7 Å². The monoisotopic (exact) mass is 219 g/mol. The Balaban J connectivity index is 2.08. The van der Waals surface area contributed by atoms with Gasteiger partial charge < -0.3 is 5.11 Å². The van der Waals surface area contributed by atoms with Crippen molar-refractivity contribution in [1.29, 1.82) is 0 Å². The average molecular weight is 219 g/mol. The minimum atomic E-state index is -0.518. The molecule has 1 heterocycles.